The van der Waals surface area contributed by atoms with E-state index in [1.807, 2.05) is 35.2 Å². The quantitative estimate of drug-likeness (QED) is 0.747. The van der Waals surface area contributed by atoms with Gasteiger partial charge in [0.25, 0.3) is 5.91 Å². The predicted octanol–water partition coefficient (Wildman–Crippen LogP) is 2.38. The number of carbonyl (C=O) groups excluding carboxylic acids is 1. The number of para-hydroxylation sites is 1. The predicted molar refractivity (Wildman–Crippen MR) is 68.0 cm³/mol. The third kappa shape index (κ3) is 2.74. The lowest BCUT2D eigenvalue weighted by Crippen LogP contribution is -2.42. The normalized spacial score (nSPS) is 16.5. The van der Waals surface area contributed by atoms with Crippen LogP contribution in [0, 0.1) is 0 Å². The second kappa shape index (κ2) is 5.64. The monoisotopic (exact) mass is 231 g/mol. The number of rotatable bonds is 3. The van der Waals surface area contributed by atoms with E-state index in [1.54, 1.807) is 0 Å². The maximum atomic E-state index is 12.0. The summed E-state index contributed by atoms with van der Waals surface area (Å²) in [5.41, 5.74) is 0.935. The fourth-order valence-corrected chi connectivity index (χ4v) is 2.15. The van der Waals surface area contributed by atoms with Gasteiger partial charge in [-0.1, -0.05) is 24.8 Å². The van der Waals surface area contributed by atoms with Crippen molar-refractivity contribution in [1.29, 1.82) is 0 Å². The second-order valence-electron chi connectivity index (χ2n) is 4.09. The summed E-state index contributed by atoms with van der Waals surface area (Å²) in [5.74, 6) is -0.0388. The van der Waals surface area contributed by atoms with Crippen molar-refractivity contribution in [3.63, 3.8) is 0 Å². The number of carbonyl (C=O) groups is 1. The van der Waals surface area contributed by atoms with Crippen LogP contribution in [0.5, 0.6) is 0 Å². The Morgan fingerprint density at radius 1 is 1.29 bits per heavy atom. The van der Waals surface area contributed by atoms with Crippen molar-refractivity contribution in [3.05, 3.63) is 43.0 Å². The van der Waals surface area contributed by atoms with Gasteiger partial charge in [0.1, 0.15) is 0 Å². The molecular formula is C14H17NO2. The number of ether oxygens (including phenoxy) is 1. The topological polar surface area (TPSA) is 29.5 Å². The standard InChI is InChI=1S/C14H17NO2/c1-2-14(16)15(12-6-4-3-5-7-12)13-8-10-17-11-9-13/h2-7,13H,1,8-11H2. The fourth-order valence-electron chi connectivity index (χ4n) is 2.15. The molecule has 1 amide bonds. The Morgan fingerprint density at radius 3 is 2.53 bits per heavy atom. The number of benzene rings is 1. The second-order valence-corrected chi connectivity index (χ2v) is 4.09. The Bertz CT molecular complexity index is 382. The van der Waals surface area contributed by atoms with Crippen molar-refractivity contribution in [2.45, 2.75) is 18.9 Å². The minimum atomic E-state index is -0.0388. The van der Waals surface area contributed by atoms with Gasteiger partial charge in [-0.25, -0.2) is 0 Å². The number of anilines is 1. The molecule has 0 saturated carbocycles. The average molecular weight is 231 g/mol. The van der Waals surface area contributed by atoms with Gasteiger partial charge in [-0.05, 0) is 31.1 Å². The lowest BCUT2D eigenvalue weighted by molar-refractivity contribution is -0.115. The van der Waals surface area contributed by atoms with Gasteiger partial charge < -0.3 is 9.64 Å². The molecule has 0 atom stereocenters. The van der Waals surface area contributed by atoms with E-state index in [9.17, 15) is 4.79 Å². The maximum Gasteiger partial charge on any atom is 0.250 e. The van der Waals surface area contributed by atoms with Crippen LogP contribution in [-0.4, -0.2) is 25.2 Å². The van der Waals surface area contributed by atoms with E-state index in [0.29, 0.717) is 0 Å². The van der Waals surface area contributed by atoms with Crippen LogP contribution in [0.4, 0.5) is 5.69 Å². The van der Waals surface area contributed by atoms with Gasteiger partial charge in [0.05, 0.1) is 0 Å². The molecule has 3 heteroatoms. The molecule has 0 bridgehead atoms. The van der Waals surface area contributed by atoms with Gasteiger partial charge in [0.2, 0.25) is 0 Å². The number of nitrogens with zero attached hydrogens (tertiary/aromatic N) is 1. The Morgan fingerprint density at radius 2 is 1.94 bits per heavy atom. The van der Waals surface area contributed by atoms with Crippen LogP contribution in [0.1, 0.15) is 12.8 Å². The molecule has 3 nitrogen and oxygen atoms in total. The third-order valence-electron chi connectivity index (χ3n) is 3.00. The highest BCUT2D eigenvalue weighted by Gasteiger charge is 2.25. The zero-order valence-electron chi connectivity index (χ0n) is 9.84. The highest BCUT2D eigenvalue weighted by Crippen LogP contribution is 2.22. The van der Waals surface area contributed by atoms with E-state index >= 15 is 0 Å². The molecule has 17 heavy (non-hydrogen) atoms. The van der Waals surface area contributed by atoms with Gasteiger partial charge in [-0.15, -0.1) is 0 Å². The first-order valence-corrected chi connectivity index (χ1v) is 5.91. The zero-order chi connectivity index (χ0) is 12.1. The smallest absolute Gasteiger partial charge is 0.250 e. The highest BCUT2D eigenvalue weighted by atomic mass is 16.5. The van der Waals surface area contributed by atoms with Crippen molar-refractivity contribution in [2.24, 2.45) is 0 Å². The van der Waals surface area contributed by atoms with E-state index < -0.39 is 0 Å². The third-order valence-corrected chi connectivity index (χ3v) is 3.00. The first-order valence-electron chi connectivity index (χ1n) is 5.91. The Labute approximate surface area is 102 Å². The number of amides is 1. The van der Waals surface area contributed by atoms with Crippen LogP contribution in [0.3, 0.4) is 0 Å². The van der Waals surface area contributed by atoms with Gasteiger partial charge in [0, 0.05) is 24.9 Å². The average Bonchev–Trinajstić information content (AvgIpc) is 2.41. The molecule has 1 fully saturated rings. The summed E-state index contributed by atoms with van der Waals surface area (Å²) < 4.78 is 5.34. The summed E-state index contributed by atoms with van der Waals surface area (Å²) in [6.07, 6.45) is 3.14. The van der Waals surface area contributed by atoms with Gasteiger partial charge in [-0.3, -0.25) is 4.79 Å². The van der Waals surface area contributed by atoms with Crippen LogP contribution in [-0.2, 0) is 9.53 Å². The Hall–Kier alpha value is -1.61. The minimum absolute atomic E-state index is 0.0388. The van der Waals surface area contributed by atoms with Crippen LogP contribution in [0.15, 0.2) is 43.0 Å². The Kier molecular flexibility index (Phi) is 3.94. The van der Waals surface area contributed by atoms with E-state index in [1.165, 1.54) is 6.08 Å². The first kappa shape index (κ1) is 11.9. The summed E-state index contributed by atoms with van der Waals surface area (Å²) in [6, 6.07) is 9.96. The molecule has 0 spiro atoms. The summed E-state index contributed by atoms with van der Waals surface area (Å²) in [5, 5.41) is 0. The molecule has 1 aromatic carbocycles. The molecule has 0 unspecified atom stereocenters. The van der Waals surface area contributed by atoms with E-state index in [-0.39, 0.29) is 11.9 Å². The molecule has 0 radical (unpaired) electrons. The molecule has 1 saturated heterocycles. The maximum absolute atomic E-state index is 12.0. The lowest BCUT2D eigenvalue weighted by Gasteiger charge is -2.33. The molecule has 1 aliphatic rings. The largest absolute Gasteiger partial charge is 0.381 e. The summed E-state index contributed by atoms with van der Waals surface area (Å²) >= 11 is 0. The zero-order valence-corrected chi connectivity index (χ0v) is 9.84. The van der Waals surface area contributed by atoms with Crippen molar-refractivity contribution in [2.75, 3.05) is 18.1 Å². The SMILES string of the molecule is C=CC(=O)N(c1ccccc1)C1CCOCC1. The molecule has 0 aliphatic carbocycles. The lowest BCUT2D eigenvalue weighted by atomic mass is 10.1. The highest BCUT2D eigenvalue weighted by molar-refractivity contribution is 6.01. The number of hydrogen-bond acceptors (Lipinski definition) is 2. The molecule has 90 valence electrons. The molecule has 1 aliphatic heterocycles. The first-order chi connectivity index (χ1) is 8.33. The van der Waals surface area contributed by atoms with Crippen molar-refractivity contribution >= 4 is 11.6 Å². The Balaban J connectivity index is 2.24. The van der Waals surface area contributed by atoms with Gasteiger partial charge >= 0.3 is 0 Å². The van der Waals surface area contributed by atoms with E-state index in [2.05, 4.69) is 6.58 Å². The van der Waals surface area contributed by atoms with Crippen LogP contribution < -0.4 is 4.90 Å². The molecule has 2 rings (SSSR count). The van der Waals surface area contributed by atoms with Crippen LogP contribution in [0.25, 0.3) is 0 Å². The van der Waals surface area contributed by atoms with Gasteiger partial charge in [-0.2, -0.15) is 0 Å². The molecule has 0 aromatic heterocycles. The number of hydrogen-bond donors (Lipinski definition) is 0. The molecule has 1 heterocycles. The van der Waals surface area contributed by atoms with Crippen molar-refractivity contribution in [3.8, 4) is 0 Å². The summed E-state index contributed by atoms with van der Waals surface area (Å²) in [6.45, 7) is 5.02. The molecule has 0 N–H and O–H groups in total. The molecule has 1 aromatic rings. The summed E-state index contributed by atoms with van der Waals surface area (Å²) in [7, 11) is 0. The van der Waals surface area contributed by atoms with Crippen molar-refractivity contribution < 1.29 is 9.53 Å². The summed E-state index contributed by atoms with van der Waals surface area (Å²) in [4.78, 5) is 13.8. The van der Waals surface area contributed by atoms with Crippen molar-refractivity contribution in [1.82, 2.24) is 0 Å². The van der Waals surface area contributed by atoms with Gasteiger partial charge in [0.15, 0.2) is 0 Å². The fraction of sp³-hybridized carbons (Fsp3) is 0.357. The van der Waals surface area contributed by atoms with Crippen LogP contribution in [0.2, 0.25) is 0 Å². The van der Waals surface area contributed by atoms with Crippen LogP contribution >= 0.6 is 0 Å². The van der Waals surface area contributed by atoms with E-state index in [4.69, 9.17) is 4.74 Å². The minimum Gasteiger partial charge on any atom is -0.381 e. The van der Waals surface area contributed by atoms with E-state index in [0.717, 1.165) is 31.7 Å². The molecular weight excluding hydrogens is 214 g/mol.